The molecular weight excluding hydrogens is 340 g/mol. The Hall–Kier alpha value is -2.40. The normalized spacial score (nSPS) is 20.2. The van der Waals surface area contributed by atoms with Crippen LogP contribution in [0.1, 0.15) is 46.6 Å². The van der Waals surface area contributed by atoms with Crippen molar-refractivity contribution in [3.63, 3.8) is 0 Å². The number of benzene rings is 1. The monoisotopic (exact) mass is 368 g/mol. The number of ether oxygens (including phenoxy) is 1. The lowest BCUT2D eigenvalue weighted by Crippen LogP contribution is -2.38. The van der Waals surface area contributed by atoms with E-state index >= 15 is 0 Å². The molecule has 0 radical (unpaired) electrons. The topological polar surface area (TPSA) is 62.7 Å². The van der Waals surface area contributed by atoms with Gasteiger partial charge in [-0.3, -0.25) is 4.79 Å². The zero-order valence-corrected chi connectivity index (χ0v) is 16.4. The summed E-state index contributed by atoms with van der Waals surface area (Å²) in [5.74, 6) is 0.700. The summed E-state index contributed by atoms with van der Waals surface area (Å²) in [4.78, 5) is 18.8. The van der Waals surface area contributed by atoms with Crippen LogP contribution >= 0.6 is 0 Å². The molecule has 5 heteroatoms. The number of aromatic nitrogens is 1. The van der Waals surface area contributed by atoms with Gasteiger partial charge in [0.25, 0.3) is 5.91 Å². The van der Waals surface area contributed by atoms with Gasteiger partial charge >= 0.3 is 0 Å². The first kappa shape index (κ1) is 19.4. The highest BCUT2D eigenvalue weighted by atomic mass is 16.5. The Balaban J connectivity index is 1.61. The average molecular weight is 368 g/mol. The predicted octanol–water partition coefficient (Wildman–Crippen LogP) is 3.44. The molecule has 144 valence electrons. The largest absolute Gasteiger partial charge is 0.491 e. The first-order valence-electron chi connectivity index (χ1n) is 9.52. The number of aryl methyl sites for hydroxylation is 3. The molecule has 0 aliphatic carbocycles. The molecule has 0 saturated carbocycles. The van der Waals surface area contributed by atoms with Crippen molar-refractivity contribution in [3.8, 4) is 5.75 Å². The van der Waals surface area contributed by atoms with Crippen molar-refractivity contribution in [2.75, 3.05) is 19.7 Å². The van der Waals surface area contributed by atoms with Gasteiger partial charge in [-0.1, -0.05) is 12.1 Å². The summed E-state index contributed by atoms with van der Waals surface area (Å²) >= 11 is 0. The van der Waals surface area contributed by atoms with Crippen LogP contribution in [0.15, 0.2) is 36.4 Å². The zero-order chi connectivity index (χ0) is 19.4. The summed E-state index contributed by atoms with van der Waals surface area (Å²) in [6.45, 7) is 7.35. The Morgan fingerprint density at radius 3 is 2.70 bits per heavy atom. The molecule has 3 rings (SSSR count). The maximum Gasteiger partial charge on any atom is 0.272 e. The molecule has 1 saturated heterocycles. The molecule has 2 aromatic rings. The number of amides is 1. The molecule has 1 aliphatic heterocycles. The Kier molecular flexibility index (Phi) is 5.80. The molecule has 1 fully saturated rings. The minimum atomic E-state index is -0.923. The van der Waals surface area contributed by atoms with Crippen molar-refractivity contribution < 1.29 is 14.6 Å². The van der Waals surface area contributed by atoms with Gasteiger partial charge in [0, 0.05) is 18.8 Å². The number of aliphatic hydroxyl groups is 1. The van der Waals surface area contributed by atoms with Crippen LogP contribution in [0.4, 0.5) is 0 Å². The van der Waals surface area contributed by atoms with Crippen molar-refractivity contribution in [1.29, 1.82) is 0 Å². The smallest absolute Gasteiger partial charge is 0.272 e. The van der Waals surface area contributed by atoms with Gasteiger partial charge in [0.2, 0.25) is 0 Å². The fourth-order valence-electron chi connectivity index (χ4n) is 3.37. The van der Waals surface area contributed by atoms with Crippen molar-refractivity contribution >= 4 is 5.91 Å². The number of pyridine rings is 1. The first-order chi connectivity index (χ1) is 12.9. The number of nitrogens with zero attached hydrogens (tertiary/aromatic N) is 2. The van der Waals surface area contributed by atoms with E-state index in [1.165, 1.54) is 11.1 Å². The molecule has 1 atom stereocenters. The highest BCUT2D eigenvalue weighted by Gasteiger charge is 2.33. The fourth-order valence-corrected chi connectivity index (χ4v) is 3.37. The van der Waals surface area contributed by atoms with Crippen molar-refractivity contribution in [2.45, 2.75) is 45.6 Å². The zero-order valence-electron chi connectivity index (χ0n) is 16.4. The van der Waals surface area contributed by atoms with E-state index in [0.29, 0.717) is 31.6 Å². The number of rotatable bonds is 4. The molecule has 27 heavy (non-hydrogen) atoms. The van der Waals surface area contributed by atoms with E-state index in [0.717, 1.165) is 17.9 Å². The quantitative estimate of drug-likeness (QED) is 0.898. The third-order valence-electron chi connectivity index (χ3n) is 5.30. The van der Waals surface area contributed by atoms with Gasteiger partial charge in [0.1, 0.15) is 23.7 Å². The molecule has 1 N–H and O–H groups in total. The van der Waals surface area contributed by atoms with Gasteiger partial charge in [-0.2, -0.15) is 0 Å². The van der Waals surface area contributed by atoms with Crippen LogP contribution in [0.3, 0.4) is 0 Å². The first-order valence-corrected chi connectivity index (χ1v) is 9.52. The molecular formula is C22H28N2O3. The fraction of sp³-hybridized carbons (Fsp3) is 0.455. The lowest BCUT2D eigenvalue weighted by atomic mass is 9.96. The van der Waals surface area contributed by atoms with Crippen LogP contribution in [0.25, 0.3) is 0 Å². The maximum absolute atomic E-state index is 12.7. The second-order valence-corrected chi connectivity index (χ2v) is 7.57. The van der Waals surface area contributed by atoms with E-state index in [4.69, 9.17) is 4.74 Å². The van der Waals surface area contributed by atoms with E-state index in [2.05, 4.69) is 11.9 Å². The van der Waals surface area contributed by atoms with E-state index in [9.17, 15) is 9.90 Å². The van der Waals surface area contributed by atoms with Crippen molar-refractivity contribution in [1.82, 2.24) is 9.88 Å². The van der Waals surface area contributed by atoms with E-state index < -0.39 is 5.60 Å². The lowest BCUT2D eigenvalue weighted by Gasteiger charge is -2.27. The summed E-state index contributed by atoms with van der Waals surface area (Å²) in [5, 5.41) is 11.0. The van der Waals surface area contributed by atoms with Gasteiger partial charge in [0.05, 0.1) is 0 Å². The summed E-state index contributed by atoms with van der Waals surface area (Å²) < 4.78 is 5.87. The van der Waals surface area contributed by atoms with Gasteiger partial charge in [-0.15, -0.1) is 0 Å². The Bertz CT molecular complexity index is 821. The second kappa shape index (κ2) is 8.09. The second-order valence-electron chi connectivity index (χ2n) is 7.57. The Morgan fingerprint density at radius 2 is 1.96 bits per heavy atom. The molecule has 1 amide bonds. The maximum atomic E-state index is 12.7. The predicted molar refractivity (Wildman–Crippen MR) is 105 cm³/mol. The molecule has 5 nitrogen and oxygen atoms in total. The third kappa shape index (κ3) is 4.86. The summed E-state index contributed by atoms with van der Waals surface area (Å²) in [7, 11) is 0. The molecule has 1 aliphatic rings. The molecule has 2 heterocycles. The van der Waals surface area contributed by atoms with Crippen LogP contribution in [-0.2, 0) is 0 Å². The van der Waals surface area contributed by atoms with Gasteiger partial charge in [-0.25, -0.2) is 4.98 Å². The molecule has 0 bridgehead atoms. The minimum absolute atomic E-state index is 0.0713. The summed E-state index contributed by atoms with van der Waals surface area (Å²) in [6.07, 6.45) is 1.85. The summed E-state index contributed by atoms with van der Waals surface area (Å²) in [6, 6.07) is 11.4. The average Bonchev–Trinajstić information content (AvgIpc) is 2.84. The number of hydrogen-bond donors (Lipinski definition) is 1. The Morgan fingerprint density at radius 1 is 1.15 bits per heavy atom. The third-order valence-corrected chi connectivity index (χ3v) is 5.30. The summed E-state index contributed by atoms with van der Waals surface area (Å²) in [5.41, 5.74) is 2.76. The van der Waals surface area contributed by atoms with Crippen molar-refractivity contribution in [3.05, 3.63) is 58.9 Å². The van der Waals surface area contributed by atoms with Gasteiger partial charge in [0.15, 0.2) is 0 Å². The Labute approximate surface area is 161 Å². The number of hydrogen-bond acceptors (Lipinski definition) is 4. The number of carbonyl (C=O) groups excluding carboxylic acids is 1. The van der Waals surface area contributed by atoms with E-state index in [-0.39, 0.29) is 12.5 Å². The standard InChI is InChI=1S/C22H28N2O3/c1-16-8-9-19(14-17(16)2)27-15-22(26)10-5-12-24(13-11-22)21(25)20-7-4-6-18(3)23-20/h4,6-9,14,26H,5,10-13,15H2,1-3H3. The van der Waals surface area contributed by atoms with Crippen LogP contribution < -0.4 is 4.74 Å². The number of likely N-dealkylation sites (tertiary alicyclic amines) is 1. The SMILES string of the molecule is Cc1cccc(C(=O)N2CCCC(O)(COc3ccc(C)c(C)c3)CC2)n1. The van der Waals surface area contributed by atoms with Gasteiger partial charge < -0.3 is 14.7 Å². The molecule has 1 unspecified atom stereocenters. The lowest BCUT2D eigenvalue weighted by molar-refractivity contribution is -0.0163. The van der Waals surface area contributed by atoms with Crippen LogP contribution in [0.2, 0.25) is 0 Å². The van der Waals surface area contributed by atoms with Crippen LogP contribution in [0.5, 0.6) is 5.75 Å². The molecule has 0 spiro atoms. The minimum Gasteiger partial charge on any atom is -0.491 e. The molecule has 1 aromatic carbocycles. The van der Waals surface area contributed by atoms with Crippen LogP contribution in [0, 0.1) is 20.8 Å². The van der Waals surface area contributed by atoms with Crippen molar-refractivity contribution in [2.24, 2.45) is 0 Å². The van der Waals surface area contributed by atoms with Gasteiger partial charge in [-0.05, 0) is 75.4 Å². The highest BCUT2D eigenvalue weighted by Crippen LogP contribution is 2.25. The van der Waals surface area contributed by atoms with E-state index in [1.807, 2.05) is 44.2 Å². The highest BCUT2D eigenvalue weighted by molar-refractivity contribution is 5.92. The van der Waals surface area contributed by atoms with Crippen LogP contribution in [-0.4, -0.2) is 46.2 Å². The molecule has 1 aromatic heterocycles. The number of carbonyl (C=O) groups is 1. The van der Waals surface area contributed by atoms with E-state index in [1.54, 1.807) is 11.0 Å².